The molecule has 0 aromatic heterocycles. The number of amides is 1. The van der Waals surface area contributed by atoms with Gasteiger partial charge >= 0.3 is 0 Å². The molecule has 2 bridgehead atoms. The molecular formula is C11H18FNO2. The third-order valence-corrected chi connectivity index (χ3v) is 3.78. The minimum atomic E-state index is -1.83. The van der Waals surface area contributed by atoms with Crippen molar-refractivity contribution < 1.29 is 14.3 Å². The molecule has 0 saturated carbocycles. The number of halogens is 1. The van der Waals surface area contributed by atoms with Crippen molar-refractivity contribution in [3.63, 3.8) is 0 Å². The predicted molar refractivity (Wildman–Crippen MR) is 54.1 cm³/mol. The van der Waals surface area contributed by atoms with Crippen molar-refractivity contribution >= 4 is 5.91 Å². The third-order valence-electron chi connectivity index (χ3n) is 3.78. The molecule has 0 radical (unpaired) electrons. The number of alkyl halides is 1. The zero-order valence-electron chi connectivity index (χ0n) is 9.29. The Hall–Kier alpha value is -0.640. The fourth-order valence-corrected chi connectivity index (χ4v) is 2.93. The maximum absolute atomic E-state index is 13.6. The number of aliphatic hydroxyl groups excluding tert-OH is 1. The first-order chi connectivity index (χ1) is 6.91. The van der Waals surface area contributed by atoms with Gasteiger partial charge in [0.2, 0.25) is 0 Å². The number of aliphatic hydroxyl groups is 1. The molecule has 0 atom stereocenters. The van der Waals surface area contributed by atoms with Gasteiger partial charge in [-0.05, 0) is 39.5 Å². The molecule has 0 aromatic rings. The van der Waals surface area contributed by atoms with Crippen LogP contribution in [0.4, 0.5) is 4.39 Å². The lowest BCUT2D eigenvalue weighted by molar-refractivity contribution is -0.147. The summed E-state index contributed by atoms with van der Waals surface area (Å²) in [5, 5.41) is 9.41. The molecule has 2 fully saturated rings. The van der Waals surface area contributed by atoms with Crippen LogP contribution >= 0.6 is 0 Å². The molecule has 2 saturated heterocycles. The van der Waals surface area contributed by atoms with Gasteiger partial charge in [0, 0.05) is 6.04 Å². The van der Waals surface area contributed by atoms with E-state index in [4.69, 9.17) is 0 Å². The number of carbonyl (C=O) groups is 1. The monoisotopic (exact) mass is 215 g/mol. The number of carbonyl (C=O) groups excluding carboxylic acids is 1. The zero-order valence-corrected chi connectivity index (χ0v) is 9.29. The van der Waals surface area contributed by atoms with Gasteiger partial charge in [-0.3, -0.25) is 4.79 Å². The van der Waals surface area contributed by atoms with Gasteiger partial charge in [-0.2, -0.15) is 0 Å². The second-order valence-corrected chi connectivity index (χ2v) is 5.26. The quantitative estimate of drug-likeness (QED) is 0.753. The van der Waals surface area contributed by atoms with E-state index in [1.54, 1.807) is 4.90 Å². The van der Waals surface area contributed by atoms with Gasteiger partial charge < -0.3 is 10.0 Å². The minimum Gasteiger partial charge on any atom is -0.394 e. The summed E-state index contributed by atoms with van der Waals surface area (Å²) in [4.78, 5) is 13.5. The predicted octanol–water partition coefficient (Wildman–Crippen LogP) is 1.25. The summed E-state index contributed by atoms with van der Waals surface area (Å²) < 4.78 is 13.6. The summed E-state index contributed by atoms with van der Waals surface area (Å²) in [5.74, 6) is -0.462. The molecule has 0 aliphatic carbocycles. The average Bonchev–Trinajstić information content (AvgIpc) is 2.70. The lowest BCUT2D eigenvalue weighted by Crippen LogP contribution is -2.53. The van der Waals surface area contributed by atoms with Gasteiger partial charge in [-0.25, -0.2) is 4.39 Å². The van der Waals surface area contributed by atoms with Crippen LogP contribution in [0.15, 0.2) is 0 Å². The summed E-state index contributed by atoms with van der Waals surface area (Å²) in [5.41, 5.74) is -2.28. The summed E-state index contributed by atoms with van der Waals surface area (Å²) in [7, 11) is 0. The Kier molecular flexibility index (Phi) is 2.30. The number of hydrogen-bond donors (Lipinski definition) is 1. The Morgan fingerprint density at radius 2 is 2.07 bits per heavy atom. The number of hydrogen-bond acceptors (Lipinski definition) is 2. The Morgan fingerprint density at radius 3 is 2.47 bits per heavy atom. The van der Waals surface area contributed by atoms with Gasteiger partial charge in [-0.1, -0.05) is 0 Å². The maximum Gasteiger partial charge on any atom is 0.260 e. The standard InChI is InChI=1S/C11H18FNO2/c1-10(2,12)9(15)13-8-3-5-11(13,7-14)6-4-8/h8,14H,3-7H2,1-2H3. The van der Waals surface area contributed by atoms with Crippen molar-refractivity contribution in [2.45, 2.75) is 56.8 Å². The SMILES string of the molecule is CC(C)(F)C(=O)N1C2CCC1(CO)CC2. The smallest absolute Gasteiger partial charge is 0.260 e. The van der Waals surface area contributed by atoms with Gasteiger partial charge in [0.25, 0.3) is 5.91 Å². The Labute approximate surface area is 89.3 Å². The van der Waals surface area contributed by atoms with E-state index >= 15 is 0 Å². The molecular weight excluding hydrogens is 197 g/mol. The van der Waals surface area contributed by atoms with Crippen molar-refractivity contribution in [2.75, 3.05) is 6.61 Å². The molecule has 2 heterocycles. The number of rotatable bonds is 2. The van der Waals surface area contributed by atoms with Crippen molar-refractivity contribution in [1.82, 2.24) is 4.90 Å². The summed E-state index contributed by atoms with van der Waals surface area (Å²) in [6.45, 7) is 2.54. The highest BCUT2D eigenvalue weighted by Gasteiger charge is 2.55. The van der Waals surface area contributed by atoms with Crippen LogP contribution in [0.5, 0.6) is 0 Å². The van der Waals surface area contributed by atoms with Crippen LogP contribution in [0.1, 0.15) is 39.5 Å². The summed E-state index contributed by atoms with van der Waals surface area (Å²) in [6.07, 6.45) is 3.44. The Balaban J connectivity index is 2.26. The van der Waals surface area contributed by atoms with Gasteiger partial charge in [0.1, 0.15) is 0 Å². The molecule has 1 N–H and O–H groups in total. The number of fused-ring (bicyclic) bond motifs is 2. The molecule has 0 unspecified atom stereocenters. The highest BCUT2D eigenvalue weighted by atomic mass is 19.1. The first-order valence-corrected chi connectivity index (χ1v) is 5.54. The molecule has 0 spiro atoms. The van der Waals surface area contributed by atoms with Crippen LogP contribution in [0, 0.1) is 0 Å². The fraction of sp³-hybridized carbons (Fsp3) is 0.909. The van der Waals surface area contributed by atoms with Crippen LogP contribution in [0.25, 0.3) is 0 Å². The van der Waals surface area contributed by atoms with Gasteiger partial charge in [-0.15, -0.1) is 0 Å². The second kappa shape index (κ2) is 3.17. The van der Waals surface area contributed by atoms with Crippen LogP contribution in [0.3, 0.4) is 0 Å². The third kappa shape index (κ3) is 1.46. The van der Waals surface area contributed by atoms with Gasteiger partial charge in [0.05, 0.1) is 12.1 Å². The van der Waals surface area contributed by atoms with Crippen LogP contribution in [-0.2, 0) is 4.79 Å². The van der Waals surface area contributed by atoms with Crippen molar-refractivity contribution in [2.24, 2.45) is 0 Å². The van der Waals surface area contributed by atoms with E-state index in [9.17, 15) is 14.3 Å². The first-order valence-electron chi connectivity index (χ1n) is 5.54. The van der Waals surface area contributed by atoms with Crippen LogP contribution in [-0.4, -0.2) is 39.8 Å². The van der Waals surface area contributed by atoms with Gasteiger partial charge in [0.15, 0.2) is 5.67 Å². The molecule has 1 amide bonds. The van der Waals surface area contributed by atoms with E-state index in [1.165, 1.54) is 13.8 Å². The lowest BCUT2D eigenvalue weighted by Gasteiger charge is -2.35. The molecule has 2 aliphatic rings. The van der Waals surface area contributed by atoms with Crippen LogP contribution < -0.4 is 0 Å². The normalized spacial score (nSPS) is 34.9. The number of nitrogens with zero attached hydrogens (tertiary/aromatic N) is 1. The summed E-state index contributed by atoms with van der Waals surface area (Å²) >= 11 is 0. The average molecular weight is 215 g/mol. The van der Waals surface area contributed by atoms with Crippen LogP contribution in [0.2, 0.25) is 0 Å². The molecule has 2 rings (SSSR count). The van der Waals surface area contributed by atoms with Crippen molar-refractivity contribution in [3.05, 3.63) is 0 Å². The molecule has 3 nitrogen and oxygen atoms in total. The largest absolute Gasteiger partial charge is 0.394 e. The van der Waals surface area contributed by atoms with E-state index in [-0.39, 0.29) is 12.6 Å². The van der Waals surface area contributed by atoms with E-state index < -0.39 is 17.1 Å². The zero-order chi connectivity index (χ0) is 11.3. The maximum atomic E-state index is 13.6. The molecule has 15 heavy (non-hydrogen) atoms. The van der Waals surface area contributed by atoms with Crippen molar-refractivity contribution in [1.29, 1.82) is 0 Å². The molecule has 86 valence electrons. The van der Waals surface area contributed by atoms with E-state index in [0.29, 0.717) is 0 Å². The minimum absolute atomic E-state index is 0.0364. The Morgan fingerprint density at radius 1 is 1.53 bits per heavy atom. The van der Waals surface area contributed by atoms with E-state index in [0.717, 1.165) is 25.7 Å². The molecule has 2 aliphatic heterocycles. The Bertz CT molecular complexity index is 277. The summed E-state index contributed by atoms with van der Waals surface area (Å²) in [6, 6.07) is 0.152. The first kappa shape index (κ1) is 10.9. The fourth-order valence-electron chi connectivity index (χ4n) is 2.93. The topological polar surface area (TPSA) is 40.5 Å². The lowest BCUT2D eigenvalue weighted by atomic mass is 9.88. The molecule has 4 heteroatoms. The molecule has 0 aromatic carbocycles. The second-order valence-electron chi connectivity index (χ2n) is 5.26. The van der Waals surface area contributed by atoms with Crippen molar-refractivity contribution in [3.8, 4) is 0 Å². The van der Waals surface area contributed by atoms with E-state index in [2.05, 4.69) is 0 Å². The highest BCUT2D eigenvalue weighted by molar-refractivity contribution is 5.86. The van der Waals surface area contributed by atoms with E-state index in [1.807, 2.05) is 0 Å². The highest BCUT2D eigenvalue weighted by Crippen LogP contribution is 2.47.